The van der Waals surface area contributed by atoms with Gasteiger partial charge in [0.1, 0.15) is 12.1 Å². The van der Waals surface area contributed by atoms with Gasteiger partial charge in [-0.25, -0.2) is 0 Å². The Balaban J connectivity index is 1.38. The number of hydrogen-bond donors (Lipinski definition) is 0. The molecule has 0 spiro atoms. The van der Waals surface area contributed by atoms with Crippen LogP contribution in [0.2, 0.25) is 0 Å². The molecule has 4 heteroatoms. The lowest BCUT2D eigenvalue weighted by Crippen LogP contribution is -2.53. The van der Waals surface area contributed by atoms with Crippen molar-refractivity contribution in [3.63, 3.8) is 0 Å². The Bertz CT molecular complexity index is 744. The molecule has 0 radical (unpaired) electrons. The third kappa shape index (κ3) is 2.10. The Morgan fingerprint density at radius 1 is 1.26 bits per heavy atom. The molecule has 3 atom stereocenters. The molecule has 2 bridgehead atoms. The zero-order valence-corrected chi connectivity index (χ0v) is 14.0. The number of rotatable bonds is 4. The molecule has 4 saturated carbocycles. The van der Waals surface area contributed by atoms with Gasteiger partial charge in [0.2, 0.25) is 0 Å². The van der Waals surface area contributed by atoms with Crippen LogP contribution in [0.25, 0.3) is 5.65 Å². The molecule has 0 aromatic carbocycles. The molecule has 0 saturated heterocycles. The number of nitrogens with zero attached hydrogens (tertiary/aromatic N) is 3. The van der Waals surface area contributed by atoms with Crippen molar-refractivity contribution in [1.29, 1.82) is 0 Å². The normalized spacial score (nSPS) is 31.8. The van der Waals surface area contributed by atoms with E-state index in [-0.39, 0.29) is 0 Å². The lowest BCUT2D eigenvalue weighted by Gasteiger charge is -2.60. The molecule has 0 aliphatic heterocycles. The average Bonchev–Trinajstić information content (AvgIpc) is 3.30. The molecule has 0 amide bonds. The standard InChI is InChI=1S/C19H25N3O/c1-19(2)14-6-5-13(16(19)7-14)10-23-17-8-18-21-20-11-22(18)9-15(17)12-3-4-12/h8-9,11-14,16H,3-7,10H2,1-2H3/t13-,14+,16+/m1/s1. The molecule has 2 heterocycles. The smallest absolute Gasteiger partial charge is 0.164 e. The average molecular weight is 311 g/mol. The van der Waals surface area contributed by atoms with Crippen LogP contribution in [0.3, 0.4) is 0 Å². The summed E-state index contributed by atoms with van der Waals surface area (Å²) in [6, 6.07) is 2.08. The summed E-state index contributed by atoms with van der Waals surface area (Å²) in [5.41, 5.74) is 2.76. The van der Waals surface area contributed by atoms with Crippen LogP contribution in [0.1, 0.15) is 57.4 Å². The first kappa shape index (κ1) is 13.8. The zero-order chi connectivity index (χ0) is 15.6. The first-order valence-corrected chi connectivity index (χ1v) is 9.09. The van der Waals surface area contributed by atoms with Crippen LogP contribution in [-0.2, 0) is 0 Å². The van der Waals surface area contributed by atoms with Crippen molar-refractivity contribution in [3.8, 4) is 5.75 Å². The van der Waals surface area contributed by atoms with Crippen LogP contribution in [0.4, 0.5) is 0 Å². The molecule has 4 nitrogen and oxygen atoms in total. The summed E-state index contributed by atoms with van der Waals surface area (Å²) in [7, 11) is 0. The van der Waals surface area contributed by atoms with Crippen molar-refractivity contribution in [2.45, 2.75) is 51.9 Å². The van der Waals surface area contributed by atoms with E-state index >= 15 is 0 Å². The van der Waals surface area contributed by atoms with Crippen molar-refractivity contribution in [2.24, 2.45) is 23.2 Å². The maximum Gasteiger partial charge on any atom is 0.164 e. The maximum absolute atomic E-state index is 6.36. The van der Waals surface area contributed by atoms with Gasteiger partial charge in [0, 0.05) is 17.8 Å². The summed E-state index contributed by atoms with van der Waals surface area (Å²) in [5, 5.41) is 8.18. The van der Waals surface area contributed by atoms with Gasteiger partial charge in [0.05, 0.1) is 6.61 Å². The summed E-state index contributed by atoms with van der Waals surface area (Å²) in [6.07, 6.45) is 10.7. The second-order valence-electron chi connectivity index (χ2n) is 8.47. The third-order valence-corrected chi connectivity index (χ3v) is 6.90. The Hall–Kier alpha value is -1.58. The zero-order valence-electron chi connectivity index (χ0n) is 14.0. The maximum atomic E-state index is 6.36. The number of aromatic nitrogens is 3. The third-order valence-electron chi connectivity index (χ3n) is 6.90. The van der Waals surface area contributed by atoms with Crippen molar-refractivity contribution in [3.05, 3.63) is 24.2 Å². The van der Waals surface area contributed by atoms with Crippen LogP contribution in [0.15, 0.2) is 18.6 Å². The van der Waals surface area contributed by atoms with Gasteiger partial charge in [-0.1, -0.05) is 13.8 Å². The van der Waals surface area contributed by atoms with Crippen molar-refractivity contribution >= 4 is 5.65 Å². The molecule has 4 aliphatic carbocycles. The van der Waals surface area contributed by atoms with E-state index in [1.165, 1.54) is 37.7 Å². The first-order valence-electron chi connectivity index (χ1n) is 9.09. The molecule has 122 valence electrons. The van der Waals surface area contributed by atoms with Gasteiger partial charge in [-0.3, -0.25) is 4.40 Å². The molecule has 0 unspecified atom stereocenters. The highest BCUT2D eigenvalue weighted by molar-refractivity contribution is 5.49. The fourth-order valence-electron chi connectivity index (χ4n) is 5.05. The SMILES string of the molecule is CC1(C)[C@H]2CC[C@H](COc3cc4nncn4cc3C3CC3)[C@@H]1C2. The van der Waals surface area contributed by atoms with E-state index in [1.54, 1.807) is 6.33 Å². The fourth-order valence-corrected chi connectivity index (χ4v) is 5.05. The first-order chi connectivity index (χ1) is 11.1. The van der Waals surface area contributed by atoms with E-state index in [2.05, 4.69) is 36.3 Å². The van der Waals surface area contributed by atoms with Gasteiger partial charge in [0.25, 0.3) is 0 Å². The van der Waals surface area contributed by atoms with Crippen LogP contribution < -0.4 is 4.74 Å². The summed E-state index contributed by atoms with van der Waals surface area (Å²) in [5.74, 6) is 4.25. The predicted octanol–water partition coefficient (Wildman–Crippen LogP) is 4.06. The minimum Gasteiger partial charge on any atom is -0.493 e. The minimum atomic E-state index is 0.530. The summed E-state index contributed by atoms with van der Waals surface area (Å²) in [4.78, 5) is 0. The lowest BCUT2D eigenvalue weighted by molar-refractivity contribution is -0.114. The van der Waals surface area contributed by atoms with Gasteiger partial charge in [0.15, 0.2) is 5.65 Å². The van der Waals surface area contributed by atoms with E-state index in [4.69, 9.17) is 4.74 Å². The summed E-state index contributed by atoms with van der Waals surface area (Å²) >= 11 is 0. The number of ether oxygens (including phenoxy) is 1. The molecular weight excluding hydrogens is 286 g/mol. The minimum absolute atomic E-state index is 0.530. The number of fused-ring (bicyclic) bond motifs is 3. The second-order valence-corrected chi connectivity index (χ2v) is 8.47. The highest BCUT2D eigenvalue weighted by Gasteiger charge is 2.54. The van der Waals surface area contributed by atoms with Crippen molar-refractivity contribution < 1.29 is 4.74 Å². The molecular formula is C19H25N3O. The van der Waals surface area contributed by atoms with Crippen molar-refractivity contribution in [2.75, 3.05) is 6.61 Å². The predicted molar refractivity (Wildman–Crippen MR) is 88.6 cm³/mol. The molecule has 23 heavy (non-hydrogen) atoms. The highest BCUT2D eigenvalue weighted by atomic mass is 16.5. The van der Waals surface area contributed by atoms with E-state index in [0.717, 1.165) is 35.8 Å². The Kier molecular flexibility index (Phi) is 2.83. The van der Waals surface area contributed by atoms with Gasteiger partial charge in [-0.2, -0.15) is 0 Å². The Morgan fingerprint density at radius 3 is 2.87 bits per heavy atom. The van der Waals surface area contributed by atoms with Gasteiger partial charge in [-0.15, -0.1) is 10.2 Å². The second kappa shape index (κ2) is 4.71. The van der Waals surface area contributed by atoms with E-state index < -0.39 is 0 Å². The van der Waals surface area contributed by atoms with E-state index in [9.17, 15) is 0 Å². The summed E-state index contributed by atoms with van der Waals surface area (Å²) < 4.78 is 8.38. The van der Waals surface area contributed by atoms with Crippen molar-refractivity contribution in [1.82, 2.24) is 14.6 Å². The highest BCUT2D eigenvalue weighted by Crippen LogP contribution is 2.61. The number of hydrogen-bond acceptors (Lipinski definition) is 3. The van der Waals surface area contributed by atoms with E-state index in [1.807, 2.05) is 4.40 Å². The van der Waals surface area contributed by atoms with Crippen LogP contribution in [0, 0.1) is 23.2 Å². The lowest BCUT2D eigenvalue weighted by atomic mass is 9.46. The molecule has 4 fully saturated rings. The summed E-state index contributed by atoms with van der Waals surface area (Å²) in [6.45, 7) is 5.77. The van der Waals surface area contributed by atoms with E-state index in [0.29, 0.717) is 11.3 Å². The number of pyridine rings is 1. The monoisotopic (exact) mass is 311 g/mol. The molecule has 2 aromatic rings. The molecule has 0 N–H and O–H groups in total. The van der Waals surface area contributed by atoms with Gasteiger partial charge in [-0.05, 0) is 61.2 Å². The molecule has 6 rings (SSSR count). The fraction of sp³-hybridized carbons (Fsp3) is 0.684. The van der Waals surface area contributed by atoms with Crippen LogP contribution in [0.5, 0.6) is 5.75 Å². The molecule has 2 aromatic heterocycles. The quantitative estimate of drug-likeness (QED) is 0.855. The molecule has 4 aliphatic rings. The topological polar surface area (TPSA) is 39.4 Å². The van der Waals surface area contributed by atoms with Crippen LogP contribution >= 0.6 is 0 Å². The Morgan fingerprint density at radius 2 is 2.13 bits per heavy atom. The van der Waals surface area contributed by atoms with Gasteiger partial charge >= 0.3 is 0 Å². The Labute approximate surface area is 137 Å². The van der Waals surface area contributed by atoms with Crippen LogP contribution in [-0.4, -0.2) is 21.2 Å². The van der Waals surface area contributed by atoms with Gasteiger partial charge < -0.3 is 4.74 Å². The largest absolute Gasteiger partial charge is 0.493 e.